The summed E-state index contributed by atoms with van der Waals surface area (Å²) in [6, 6.07) is 15.2. The lowest BCUT2D eigenvalue weighted by atomic mass is 9.90. The summed E-state index contributed by atoms with van der Waals surface area (Å²) in [5.74, 6) is 0. The highest BCUT2D eigenvalue weighted by Gasteiger charge is 2.29. The molecular formula is C19H22N2O. The molecule has 3 heteroatoms. The predicted molar refractivity (Wildman–Crippen MR) is 91.3 cm³/mol. The Morgan fingerprint density at radius 2 is 1.77 bits per heavy atom. The highest BCUT2D eigenvalue weighted by molar-refractivity contribution is 5.80. The fourth-order valence-electron chi connectivity index (χ4n) is 3.16. The van der Waals surface area contributed by atoms with Gasteiger partial charge in [-0.15, -0.1) is 0 Å². The first kappa shape index (κ1) is 14.6. The lowest BCUT2D eigenvalue weighted by Crippen LogP contribution is -2.39. The number of aryl methyl sites for hydroxylation is 2. The first-order valence-electron chi connectivity index (χ1n) is 7.76. The third-order valence-electron chi connectivity index (χ3n) is 4.39. The maximum absolute atomic E-state index is 11.4. The molecule has 0 saturated carbocycles. The topological polar surface area (TPSA) is 32.3 Å². The molecule has 1 heterocycles. The van der Waals surface area contributed by atoms with Gasteiger partial charge in [-0.3, -0.25) is 4.79 Å². The van der Waals surface area contributed by atoms with Crippen LogP contribution in [0.15, 0.2) is 42.5 Å². The number of nitrogens with zero attached hydrogens (tertiary/aromatic N) is 1. The molecule has 0 fully saturated rings. The molecule has 1 aliphatic rings. The molecule has 2 aromatic carbocycles. The van der Waals surface area contributed by atoms with Crippen LogP contribution < -0.4 is 10.2 Å². The van der Waals surface area contributed by atoms with Crippen LogP contribution in [0.4, 0.5) is 11.4 Å². The lowest BCUT2D eigenvalue weighted by molar-refractivity contribution is -0.107. The van der Waals surface area contributed by atoms with Crippen molar-refractivity contribution in [2.75, 3.05) is 10.2 Å². The molecule has 0 radical (unpaired) electrons. The van der Waals surface area contributed by atoms with E-state index in [1.54, 1.807) is 0 Å². The van der Waals surface area contributed by atoms with E-state index in [9.17, 15) is 4.79 Å². The van der Waals surface area contributed by atoms with Crippen molar-refractivity contribution < 1.29 is 4.79 Å². The Labute approximate surface area is 132 Å². The van der Waals surface area contributed by atoms with E-state index < -0.39 is 0 Å². The van der Waals surface area contributed by atoms with Gasteiger partial charge in [0.2, 0.25) is 6.41 Å². The van der Waals surface area contributed by atoms with Crippen LogP contribution in [0.1, 0.15) is 36.1 Å². The van der Waals surface area contributed by atoms with Gasteiger partial charge in [0, 0.05) is 17.4 Å². The molecule has 114 valence electrons. The summed E-state index contributed by atoms with van der Waals surface area (Å²) in [5.41, 5.74) is 5.81. The second-order valence-corrected chi connectivity index (χ2v) is 6.22. The molecule has 0 unspecified atom stereocenters. The van der Waals surface area contributed by atoms with Crippen LogP contribution in [0, 0.1) is 13.8 Å². The van der Waals surface area contributed by atoms with Gasteiger partial charge in [-0.2, -0.15) is 0 Å². The Kier molecular flexibility index (Phi) is 3.88. The van der Waals surface area contributed by atoms with Crippen molar-refractivity contribution in [2.45, 2.75) is 39.3 Å². The Morgan fingerprint density at radius 3 is 2.45 bits per heavy atom. The number of amides is 1. The minimum absolute atomic E-state index is 0.190. The van der Waals surface area contributed by atoms with Gasteiger partial charge in [-0.05, 0) is 51.0 Å². The summed E-state index contributed by atoms with van der Waals surface area (Å²) in [6.07, 6.45) is 1.85. The number of anilines is 2. The summed E-state index contributed by atoms with van der Waals surface area (Å²) in [7, 11) is 0. The summed E-state index contributed by atoms with van der Waals surface area (Å²) in [4.78, 5) is 13.3. The van der Waals surface area contributed by atoms with E-state index in [4.69, 9.17) is 0 Å². The number of benzene rings is 2. The molecular weight excluding hydrogens is 272 g/mol. The Balaban J connectivity index is 1.96. The second-order valence-electron chi connectivity index (χ2n) is 6.22. The zero-order chi connectivity index (χ0) is 15.7. The molecule has 3 rings (SSSR count). The highest BCUT2D eigenvalue weighted by Crippen LogP contribution is 2.38. The maximum atomic E-state index is 11.4. The number of fused-ring (bicyclic) bond motifs is 1. The van der Waals surface area contributed by atoms with Gasteiger partial charge in [0.25, 0.3) is 0 Å². The van der Waals surface area contributed by atoms with Gasteiger partial charge in [0.15, 0.2) is 0 Å². The first-order chi connectivity index (χ1) is 10.6. The van der Waals surface area contributed by atoms with E-state index in [2.05, 4.69) is 68.6 Å². The monoisotopic (exact) mass is 294 g/mol. The molecule has 1 N–H and O–H groups in total. The van der Waals surface area contributed by atoms with E-state index >= 15 is 0 Å². The number of carbonyl (C=O) groups is 1. The van der Waals surface area contributed by atoms with Gasteiger partial charge in [-0.1, -0.05) is 35.4 Å². The molecule has 0 aromatic heterocycles. The fraction of sp³-hybridized carbons (Fsp3) is 0.316. The minimum Gasteiger partial charge on any atom is -0.378 e. The Hall–Kier alpha value is -2.29. The molecule has 0 saturated heterocycles. The van der Waals surface area contributed by atoms with Gasteiger partial charge in [-0.25, -0.2) is 0 Å². The number of hydrogen-bond acceptors (Lipinski definition) is 2. The van der Waals surface area contributed by atoms with Crippen molar-refractivity contribution in [1.82, 2.24) is 0 Å². The summed E-state index contributed by atoms with van der Waals surface area (Å²) in [5, 5.41) is 3.62. The molecule has 1 aliphatic heterocycles. The third kappa shape index (κ3) is 2.71. The number of rotatable bonds is 3. The molecule has 0 bridgehead atoms. The van der Waals surface area contributed by atoms with Crippen LogP contribution in [-0.4, -0.2) is 12.5 Å². The molecule has 1 amide bonds. The standard InChI is InChI=1S/C19H22N2O/c1-13-4-7-16(8-5-13)20-18-11-15(3)21(12-22)19-9-6-14(2)10-17(18)19/h4-10,12,15,18,20H,11H2,1-3H3/t15-,18+/m0/s1. The summed E-state index contributed by atoms with van der Waals surface area (Å²) < 4.78 is 0. The van der Waals surface area contributed by atoms with E-state index in [1.165, 1.54) is 16.7 Å². The van der Waals surface area contributed by atoms with Gasteiger partial charge in [0.05, 0.1) is 6.04 Å². The largest absolute Gasteiger partial charge is 0.378 e. The zero-order valence-electron chi connectivity index (χ0n) is 13.3. The molecule has 2 aromatic rings. The van der Waals surface area contributed by atoms with Crippen LogP contribution in [0.5, 0.6) is 0 Å². The number of hydrogen-bond donors (Lipinski definition) is 1. The molecule has 0 aliphatic carbocycles. The first-order valence-corrected chi connectivity index (χ1v) is 7.76. The summed E-state index contributed by atoms with van der Waals surface area (Å²) in [6.45, 7) is 6.28. The van der Waals surface area contributed by atoms with Crippen molar-refractivity contribution in [3.05, 3.63) is 59.2 Å². The quantitative estimate of drug-likeness (QED) is 0.860. The highest BCUT2D eigenvalue weighted by atomic mass is 16.1. The molecule has 3 nitrogen and oxygen atoms in total. The molecule has 22 heavy (non-hydrogen) atoms. The SMILES string of the molecule is Cc1ccc(N[C@@H]2C[C@H](C)N(C=O)c3ccc(C)cc32)cc1. The van der Waals surface area contributed by atoms with Gasteiger partial charge >= 0.3 is 0 Å². The van der Waals surface area contributed by atoms with E-state index in [1.807, 2.05) is 4.90 Å². The van der Waals surface area contributed by atoms with Gasteiger partial charge < -0.3 is 10.2 Å². The van der Waals surface area contributed by atoms with Crippen molar-refractivity contribution in [3.8, 4) is 0 Å². The van der Waals surface area contributed by atoms with Crippen molar-refractivity contribution in [3.63, 3.8) is 0 Å². The van der Waals surface area contributed by atoms with Crippen LogP contribution in [-0.2, 0) is 4.79 Å². The number of carbonyl (C=O) groups excluding carboxylic acids is 1. The maximum Gasteiger partial charge on any atom is 0.214 e. The summed E-state index contributed by atoms with van der Waals surface area (Å²) >= 11 is 0. The van der Waals surface area contributed by atoms with Crippen LogP contribution in [0.3, 0.4) is 0 Å². The van der Waals surface area contributed by atoms with E-state index in [0.717, 1.165) is 24.2 Å². The van der Waals surface area contributed by atoms with Crippen molar-refractivity contribution in [1.29, 1.82) is 0 Å². The van der Waals surface area contributed by atoms with Crippen LogP contribution in [0.2, 0.25) is 0 Å². The normalized spacial score (nSPS) is 20.4. The third-order valence-corrected chi connectivity index (χ3v) is 4.39. The van der Waals surface area contributed by atoms with E-state index in [0.29, 0.717) is 0 Å². The van der Waals surface area contributed by atoms with Crippen LogP contribution in [0.25, 0.3) is 0 Å². The number of nitrogens with one attached hydrogen (secondary N) is 1. The fourth-order valence-corrected chi connectivity index (χ4v) is 3.16. The average molecular weight is 294 g/mol. The average Bonchev–Trinajstić information content (AvgIpc) is 2.50. The van der Waals surface area contributed by atoms with Crippen molar-refractivity contribution in [2.24, 2.45) is 0 Å². The minimum atomic E-state index is 0.190. The van der Waals surface area contributed by atoms with Gasteiger partial charge in [0.1, 0.15) is 0 Å². The van der Waals surface area contributed by atoms with Crippen LogP contribution >= 0.6 is 0 Å². The zero-order valence-corrected chi connectivity index (χ0v) is 13.3. The predicted octanol–water partition coefficient (Wildman–Crippen LogP) is 4.21. The Morgan fingerprint density at radius 1 is 1.09 bits per heavy atom. The molecule has 2 atom stereocenters. The molecule has 0 spiro atoms. The Bertz CT molecular complexity index is 678. The second kappa shape index (κ2) is 5.84. The smallest absolute Gasteiger partial charge is 0.214 e. The van der Waals surface area contributed by atoms with Crippen molar-refractivity contribution >= 4 is 17.8 Å². The lowest BCUT2D eigenvalue weighted by Gasteiger charge is -2.38. The van der Waals surface area contributed by atoms with E-state index in [-0.39, 0.29) is 12.1 Å².